The quantitative estimate of drug-likeness (QED) is 0.710. The average Bonchev–Trinajstić information content (AvgIpc) is 2.70. The fourth-order valence-electron chi connectivity index (χ4n) is 2.55. The van der Waals surface area contributed by atoms with Gasteiger partial charge in [-0.1, -0.05) is 19.9 Å². The lowest BCUT2D eigenvalue weighted by Crippen LogP contribution is -2.11. The van der Waals surface area contributed by atoms with Gasteiger partial charge in [-0.2, -0.15) is 0 Å². The van der Waals surface area contributed by atoms with Gasteiger partial charge in [0, 0.05) is 6.04 Å². The van der Waals surface area contributed by atoms with Crippen LogP contribution in [0.3, 0.4) is 0 Å². The van der Waals surface area contributed by atoms with E-state index in [-0.39, 0.29) is 5.38 Å². The Kier molecular flexibility index (Phi) is 3.96. The highest BCUT2D eigenvalue weighted by molar-refractivity contribution is 6.20. The van der Waals surface area contributed by atoms with Crippen molar-refractivity contribution >= 4 is 22.6 Å². The van der Waals surface area contributed by atoms with Gasteiger partial charge in [0.15, 0.2) is 0 Å². The Bertz CT molecular complexity index is 539. The number of halogens is 1. The Hall–Kier alpha value is -1.02. The zero-order chi connectivity index (χ0) is 13.3. The maximum absolute atomic E-state index is 6.29. The number of imidazole rings is 1. The molecule has 0 spiro atoms. The van der Waals surface area contributed by atoms with Crippen LogP contribution in [0.2, 0.25) is 0 Å². The summed E-state index contributed by atoms with van der Waals surface area (Å²) < 4.78 is 2.33. The molecular weight excluding hydrogens is 244 g/mol. The molecule has 1 aromatic carbocycles. The second kappa shape index (κ2) is 5.31. The Morgan fingerprint density at radius 3 is 2.50 bits per heavy atom. The number of nitrogens with zero attached hydrogens (tertiary/aromatic N) is 2. The standard InChI is InChI=1S/C15H21ClN2/c1-5-12(6-2)18-14-8-7-10(3)9-13(14)17-15(18)11(4)16/h7-9,11-12H,5-6H2,1-4H3. The van der Waals surface area contributed by atoms with Crippen LogP contribution >= 0.6 is 11.6 Å². The summed E-state index contributed by atoms with van der Waals surface area (Å²) in [6.07, 6.45) is 2.21. The molecule has 0 amide bonds. The third-order valence-electron chi connectivity index (χ3n) is 3.54. The summed E-state index contributed by atoms with van der Waals surface area (Å²) >= 11 is 6.29. The molecule has 1 unspecified atom stereocenters. The topological polar surface area (TPSA) is 17.8 Å². The van der Waals surface area contributed by atoms with E-state index in [4.69, 9.17) is 16.6 Å². The predicted octanol–water partition coefficient (Wildman–Crippen LogP) is 5.01. The second-order valence-corrected chi connectivity index (χ2v) is 5.57. The first kappa shape index (κ1) is 13.4. The zero-order valence-corrected chi connectivity index (χ0v) is 12.3. The predicted molar refractivity (Wildman–Crippen MR) is 78.4 cm³/mol. The number of hydrogen-bond donors (Lipinski definition) is 0. The maximum Gasteiger partial charge on any atom is 0.127 e. The minimum atomic E-state index is -0.0571. The molecule has 0 bridgehead atoms. The van der Waals surface area contributed by atoms with Crippen LogP contribution in [0.15, 0.2) is 18.2 Å². The summed E-state index contributed by atoms with van der Waals surface area (Å²) in [5, 5.41) is -0.0571. The van der Waals surface area contributed by atoms with E-state index in [0.29, 0.717) is 6.04 Å². The molecule has 0 aliphatic rings. The van der Waals surface area contributed by atoms with E-state index in [1.807, 2.05) is 6.92 Å². The first-order chi connectivity index (χ1) is 8.58. The first-order valence-corrected chi connectivity index (χ1v) is 7.14. The molecule has 0 saturated carbocycles. The molecule has 0 aliphatic carbocycles. The summed E-state index contributed by atoms with van der Waals surface area (Å²) in [6.45, 7) is 8.53. The van der Waals surface area contributed by atoms with E-state index in [9.17, 15) is 0 Å². The van der Waals surface area contributed by atoms with Crippen LogP contribution in [0.5, 0.6) is 0 Å². The van der Waals surface area contributed by atoms with Crippen LogP contribution in [0.25, 0.3) is 11.0 Å². The highest BCUT2D eigenvalue weighted by Gasteiger charge is 2.19. The molecule has 0 radical (unpaired) electrons. The van der Waals surface area contributed by atoms with E-state index in [0.717, 1.165) is 24.2 Å². The Balaban J connectivity index is 2.69. The summed E-state index contributed by atoms with van der Waals surface area (Å²) in [5.41, 5.74) is 3.51. The second-order valence-electron chi connectivity index (χ2n) is 4.92. The van der Waals surface area contributed by atoms with Crippen molar-refractivity contribution in [1.29, 1.82) is 0 Å². The minimum absolute atomic E-state index is 0.0571. The molecule has 1 heterocycles. The van der Waals surface area contributed by atoms with Crippen LogP contribution in [0.1, 0.15) is 56.4 Å². The van der Waals surface area contributed by atoms with E-state index in [1.165, 1.54) is 11.1 Å². The van der Waals surface area contributed by atoms with Crippen LogP contribution in [-0.2, 0) is 0 Å². The van der Waals surface area contributed by atoms with Crippen molar-refractivity contribution in [2.45, 2.75) is 52.0 Å². The molecule has 2 rings (SSSR count). The van der Waals surface area contributed by atoms with Crippen LogP contribution in [0, 0.1) is 6.92 Å². The number of hydrogen-bond acceptors (Lipinski definition) is 1. The molecule has 0 aliphatic heterocycles. The molecule has 1 atom stereocenters. The van der Waals surface area contributed by atoms with Crippen molar-refractivity contribution in [3.8, 4) is 0 Å². The van der Waals surface area contributed by atoms with Gasteiger partial charge < -0.3 is 4.57 Å². The van der Waals surface area contributed by atoms with Crippen molar-refractivity contribution in [3.63, 3.8) is 0 Å². The molecule has 0 saturated heterocycles. The Morgan fingerprint density at radius 2 is 1.94 bits per heavy atom. The number of aromatic nitrogens is 2. The number of fused-ring (bicyclic) bond motifs is 1. The molecule has 1 aromatic heterocycles. The monoisotopic (exact) mass is 264 g/mol. The van der Waals surface area contributed by atoms with E-state index >= 15 is 0 Å². The SMILES string of the molecule is CCC(CC)n1c(C(C)Cl)nc2cc(C)ccc21. The first-order valence-electron chi connectivity index (χ1n) is 6.71. The third kappa shape index (κ3) is 2.26. The lowest BCUT2D eigenvalue weighted by atomic mass is 10.1. The van der Waals surface area contributed by atoms with Gasteiger partial charge in [0.1, 0.15) is 5.82 Å². The summed E-state index contributed by atoms with van der Waals surface area (Å²) in [6, 6.07) is 6.93. The van der Waals surface area contributed by atoms with Gasteiger partial charge >= 0.3 is 0 Å². The molecule has 3 heteroatoms. The number of rotatable bonds is 4. The number of aryl methyl sites for hydroxylation is 1. The van der Waals surface area contributed by atoms with Crippen molar-refractivity contribution in [2.24, 2.45) is 0 Å². The number of alkyl halides is 1. The molecule has 2 aromatic rings. The van der Waals surface area contributed by atoms with E-state index in [2.05, 4.69) is 43.5 Å². The van der Waals surface area contributed by atoms with Gasteiger partial charge in [-0.05, 0) is 44.4 Å². The summed E-state index contributed by atoms with van der Waals surface area (Å²) in [7, 11) is 0. The van der Waals surface area contributed by atoms with Crippen LogP contribution in [-0.4, -0.2) is 9.55 Å². The lowest BCUT2D eigenvalue weighted by Gasteiger charge is -2.19. The molecule has 2 nitrogen and oxygen atoms in total. The van der Waals surface area contributed by atoms with Gasteiger partial charge in [0.25, 0.3) is 0 Å². The normalized spacial score (nSPS) is 13.4. The molecule has 18 heavy (non-hydrogen) atoms. The van der Waals surface area contributed by atoms with E-state index < -0.39 is 0 Å². The Labute approximate surface area is 114 Å². The largest absolute Gasteiger partial charge is 0.324 e. The lowest BCUT2D eigenvalue weighted by molar-refractivity contribution is 0.466. The highest BCUT2D eigenvalue weighted by atomic mass is 35.5. The molecule has 0 N–H and O–H groups in total. The van der Waals surface area contributed by atoms with Crippen LogP contribution < -0.4 is 0 Å². The van der Waals surface area contributed by atoms with Gasteiger partial charge in [-0.25, -0.2) is 4.98 Å². The van der Waals surface area contributed by atoms with Crippen molar-refractivity contribution in [2.75, 3.05) is 0 Å². The average molecular weight is 265 g/mol. The molecule has 98 valence electrons. The van der Waals surface area contributed by atoms with Crippen LogP contribution in [0.4, 0.5) is 0 Å². The minimum Gasteiger partial charge on any atom is -0.324 e. The fraction of sp³-hybridized carbons (Fsp3) is 0.533. The van der Waals surface area contributed by atoms with Gasteiger partial charge in [-0.3, -0.25) is 0 Å². The van der Waals surface area contributed by atoms with Gasteiger partial charge in [0.2, 0.25) is 0 Å². The highest BCUT2D eigenvalue weighted by Crippen LogP contribution is 2.31. The number of benzene rings is 1. The smallest absolute Gasteiger partial charge is 0.127 e. The zero-order valence-electron chi connectivity index (χ0n) is 11.6. The van der Waals surface area contributed by atoms with E-state index in [1.54, 1.807) is 0 Å². The van der Waals surface area contributed by atoms with Crippen molar-refractivity contribution in [1.82, 2.24) is 9.55 Å². The third-order valence-corrected chi connectivity index (χ3v) is 3.73. The van der Waals surface area contributed by atoms with Crippen molar-refractivity contribution < 1.29 is 0 Å². The van der Waals surface area contributed by atoms with Gasteiger partial charge in [-0.15, -0.1) is 11.6 Å². The fourth-order valence-corrected chi connectivity index (χ4v) is 2.70. The van der Waals surface area contributed by atoms with Gasteiger partial charge in [0.05, 0.1) is 16.4 Å². The molecular formula is C15H21ClN2. The molecule has 0 fully saturated rings. The Morgan fingerprint density at radius 1 is 1.28 bits per heavy atom. The summed E-state index contributed by atoms with van der Waals surface area (Å²) in [4.78, 5) is 4.72. The van der Waals surface area contributed by atoms with Crippen molar-refractivity contribution in [3.05, 3.63) is 29.6 Å². The maximum atomic E-state index is 6.29. The summed E-state index contributed by atoms with van der Waals surface area (Å²) in [5.74, 6) is 0.992.